The van der Waals surface area contributed by atoms with Crippen molar-refractivity contribution in [2.75, 3.05) is 18.9 Å². The summed E-state index contributed by atoms with van der Waals surface area (Å²) >= 11 is 12.1. The molecule has 0 aliphatic heterocycles. The Morgan fingerprint density at radius 1 is 1.25 bits per heavy atom. The number of hydrogen-bond donors (Lipinski definition) is 1. The highest BCUT2D eigenvalue weighted by molar-refractivity contribution is 6.35. The maximum absolute atomic E-state index is 12.4. The van der Waals surface area contributed by atoms with Gasteiger partial charge in [0.05, 0.1) is 24.2 Å². The molecule has 0 aliphatic rings. The molecule has 1 unspecified atom stereocenters. The van der Waals surface area contributed by atoms with Crippen molar-refractivity contribution in [2.24, 2.45) is 0 Å². The Morgan fingerprint density at radius 2 is 1.92 bits per heavy atom. The van der Waals surface area contributed by atoms with E-state index in [4.69, 9.17) is 28.5 Å². The summed E-state index contributed by atoms with van der Waals surface area (Å²) in [5, 5.41) is 12.9. The number of rotatable bonds is 5. The molecule has 0 saturated heterocycles. The van der Waals surface area contributed by atoms with Crippen LogP contribution in [0, 0.1) is 11.3 Å². The molecule has 0 fully saturated rings. The summed E-state index contributed by atoms with van der Waals surface area (Å²) in [7, 11) is 1.73. The maximum atomic E-state index is 12.4. The minimum atomic E-state index is -0.176. The Bertz CT molecular complexity index is 769. The van der Waals surface area contributed by atoms with Gasteiger partial charge in [-0.15, -0.1) is 0 Å². The zero-order valence-corrected chi connectivity index (χ0v) is 14.9. The topological polar surface area (TPSA) is 56.1 Å². The highest BCUT2D eigenvalue weighted by atomic mass is 35.5. The normalized spacial score (nSPS) is 11.5. The molecule has 0 radical (unpaired) electrons. The number of likely N-dealkylation sites (N-methyl/N-ethyl adjacent to an activating group) is 1. The van der Waals surface area contributed by atoms with Gasteiger partial charge in [0.25, 0.3) is 0 Å². The Morgan fingerprint density at radius 3 is 2.50 bits per heavy atom. The van der Waals surface area contributed by atoms with Crippen molar-refractivity contribution in [3.05, 3.63) is 63.6 Å². The molecule has 124 valence electrons. The van der Waals surface area contributed by atoms with Crippen LogP contribution < -0.4 is 5.32 Å². The summed E-state index contributed by atoms with van der Waals surface area (Å²) in [6.45, 7) is 2.06. The molecule has 6 heteroatoms. The van der Waals surface area contributed by atoms with Crippen molar-refractivity contribution < 1.29 is 4.79 Å². The van der Waals surface area contributed by atoms with Crippen molar-refractivity contribution in [3.63, 3.8) is 0 Å². The van der Waals surface area contributed by atoms with E-state index < -0.39 is 0 Å². The molecule has 4 nitrogen and oxygen atoms in total. The van der Waals surface area contributed by atoms with Gasteiger partial charge in [0.1, 0.15) is 0 Å². The summed E-state index contributed by atoms with van der Waals surface area (Å²) in [4.78, 5) is 14.0. The fraction of sp³-hybridized carbons (Fsp3) is 0.222. The molecule has 1 amide bonds. The van der Waals surface area contributed by atoms with E-state index >= 15 is 0 Å². The van der Waals surface area contributed by atoms with Crippen molar-refractivity contribution >= 4 is 34.8 Å². The van der Waals surface area contributed by atoms with Crippen LogP contribution in [-0.4, -0.2) is 24.4 Å². The molecule has 1 atom stereocenters. The number of amides is 1. The highest BCUT2D eigenvalue weighted by Gasteiger charge is 2.19. The average Bonchev–Trinajstić information content (AvgIpc) is 2.59. The maximum Gasteiger partial charge on any atom is 0.242 e. The number of carbonyl (C=O) groups excluding carboxylic acids is 1. The molecule has 2 aromatic rings. The van der Waals surface area contributed by atoms with Gasteiger partial charge >= 0.3 is 0 Å². The van der Waals surface area contributed by atoms with Crippen LogP contribution >= 0.6 is 23.2 Å². The number of nitriles is 1. The third-order valence-electron chi connectivity index (χ3n) is 3.84. The van der Waals surface area contributed by atoms with E-state index in [1.165, 1.54) is 0 Å². The van der Waals surface area contributed by atoms with Gasteiger partial charge in [0.15, 0.2) is 0 Å². The third-order valence-corrected chi connectivity index (χ3v) is 4.41. The molecule has 0 aromatic heterocycles. The molecule has 0 spiro atoms. The number of nitrogens with zero attached hydrogens (tertiary/aromatic N) is 2. The number of anilines is 1. The van der Waals surface area contributed by atoms with E-state index in [0.717, 1.165) is 11.3 Å². The average molecular weight is 362 g/mol. The summed E-state index contributed by atoms with van der Waals surface area (Å²) in [5.74, 6) is -0.0714. The highest BCUT2D eigenvalue weighted by Crippen LogP contribution is 2.29. The molecule has 24 heavy (non-hydrogen) atoms. The van der Waals surface area contributed by atoms with E-state index in [-0.39, 0.29) is 18.5 Å². The van der Waals surface area contributed by atoms with Gasteiger partial charge in [0, 0.05) is 22.8 Å². The fourth-order valence-electron chi connectivity index (χ4n) is 2.23. The van der Waals surface area contributed by atoms with Gasteiger partial charge in [-0.05, 0) is 48.9 Å². The van der Waals surface area contributed by atoms with E-state index in [0.29, 0.717) is 15.6 Å². The Hall–Kier alpha value is -2.22. The summed E-state index contributed by atoms with van der Waals surface area (Å²) in [6.07, 6.45) is 0. The largest absolute Gasteiger partial charge is 0.376 e. The lowest BCUT2D eigenvalue weighted by Crippen LogP contribution is -2.34. The van der Waals surface area contributed by atoms with E-state index in [1.807, 2.05) is 13.0 Å². The Balaban J connectivity index is 1.99. The zero-order valence-electron chi connectivity index (χ0n) is 13.4. The van der Waals surface area contributed by atoms with Gasteiger partial charge in [-0.3, -0.25) is 4.79 Å². The monoisotopic (exact) mass is 361 g/mol. The predicted molar refractivity (Wildman–Crippen MR) is 97.3 cm³/mol. The second kappa shape index (κ2) is 8.05. The number of nitrogens with one attached hydrogen (secondary N) is 1. The summed E-state index contributed by atoms with van der Waals surface area (Å²) in [5.41, 5.74) is 2.21. The Labute approximate surface area is 151 Å². The van der Waals surface area contributed by atoms with E-state index in [1.54, 1.807) is 48.3 Å². The van der Waals surface area contributed by atoms with Crippen LogP contribution in [0.2, 0.25) is 10.0 Å². The smallest absolute Gasteiger partial charge is 0.242 e. The van der Waals surface area contributed by atoms with Crippen molar-refractivity contribution in [1.29, 1.82) is 5.26 Å². The third kappa shape index (κ3) is 4.41. The molecular weight excluding hydrogens is 345 g/mol. The first-order chi connectivity index (χ1) is 11.4. The first-order valence-electron chi connectivity index (χ1n) is 7.37. The SMILES string of the molecule is CC(c1ccc(Cl)cc1Cl)N(C)C(=O)CNc1ccc(C#N)cc1. The zero-order chi connectivity index (χ0) is 17.7. The summed E-state index contributed by atoms with van der Waals surface area (Å²) < 4.78 is 0. The quantitative estimate of drug-likeness (QED) is 0.852. The second-order valence-corrected chi connectivity index (χ2v) is 6.23. The summed E-state index contributed by atoms with van der Waals surface area (Å²) in [6, 6.07) is 14.1. The molecule has 2 aromatic carbocycles. The number of carbonyl (C=O) groups is 1. The van der Waals surface area contributed by atoms with Crippen LogP contribution in [0.15, 0.2) is 42.5 Å². The van der Waals surface area contributed by atoms with Crippen LogP contribution in [0.25, 0.3) is 0 Å². The fourth-order valence-corrected chi connectivity index (χ4v) is 2.80. The lowest BCUT2D eigenvalue weighted by atomic mass is 10.1. The second-order valence-electron chi connectivity index (χ2n) is 5.39. The molecule has 0 aliphatic carbocycles. The van der Waals surface area contributed by atoms with Crippen molar-refractivity contribution in [1.82, 2.24) is 4.90 Å². The van der Waals surface area contributed by atoms with E-state index in [2.05, 4.69) is 11.4 Å². The van der Waals surface area contributed by atoms with Crippen LogP contribution in [-0.2, 0) is 4.79 Å². The first-order valence-corrected chi connectivity index (χ1v) is 8.12. The van der Waals surface area contributed by atoms with E-state index in [9.17, 15) is 4.79 Å². The molecule has 0 bridgehead atoms. The van der Waals surface area contributed by atoms with Crippen LogP contribution in [0.4, 0.5) is 5.69 Å². The lowest BCUT2D eigenvalue weighted by molar-refractivity contribution is -0.129. The molecule has 2 rings (SSSR count). The van der Waals surface area contributed by atoms with Crippen molar-refractivity contribution in [3.8, 4) is 6.07 Å². The molecule has 0 saturated carbocycles. The predicted octanol–water partition coefficient (Wildman–Crippen LogP) is 4.50. The molecular formula is C18H17Cl2N3O. The molecule has 1 N–H and O–H groups in total. The van der Waals surface area contributed by atoms with Crippen LogP contribution in [0.3, 0.4) is 0 Å². The van der Waals surface area contributed by atoms with Gasteiger partial charge in [-0.2, -0.15) is 5.26 Å². The number of halogens is 2. The number of benzene rings is 2. The standard InChI is InChI=1S/C18H17Cl2N3O/c1-12(16-8-5-14(19)9-17(16)20)23(2)18(24)11-22-15-6-3-13(10-21)4-7-15/h3-9,12,22H,11H2,1-2H3. The van der Waals surface area contributed by atoms with Gasteiger partial charge < -0.3 is 10.2 Å². The van der Waals surface area contributed by atoms with Crippen molar-refractivity contribution in [2.45, 2.75) is 13.0 Å². The van der Waals surface area contributed by atoms with Gasteiger partial charge in [0.2, 0.25) is 5.91 Å². The van der Waals surface area contributed by atoms with Crippen LogP contribution in [0.1, 0.15) is 24.1 Å². The number of hydrogen-bond acceptors (Lipinski definition) is 3. The van der Waals surface area contributed by atoms with Gasteiger partial charge in [-0.1, -0.05) is 29.3 Å². The van der Waals surface area contributed by atoms with Gasteiger partial charge in [-0.25, -0.2) is 0 Å². The Kier molecular flexibility index (Phi) is 6.08. The molecule has 0 heterocycles. The minimum absolute atomic E-state index is 0.0714. The minimum Gasteiger partial charge on any atom is -0.376 e. The first kappa shape index (κ1) is 18.1. The van der Waals surface area contributed by atoms with Crippen LogP contribution in [0.5, 0.6) is 0 Å². The lowest BCUT2D eigenvalue weighted by Gasteiger charge is -2.26.